The Morgan fingerprint density at radius 2 is 1.93 bits per heavy atom. The average Bonchev–Trinajstić information content (AvgIpc) is 3.25. The number of aromatic amines is 1. The molecular formula is C24H22N4OS. The lowest BCUT2D eigenvalue weighted by atomic mass is 10.1. The van der Waals surface area contributed by atoms with Gasteiger partial charge in [-0.05, 0) is 53.4 Å². The van der Waals surface area contributed by atoms with Gasteiger partial charge in [-0.15, -0.1) is 11.8 Å². The molecule has 3 N–H and O–H groups in total. The van der Waals surface area contributed by atoms with Crippen molar-refractivity contribution >= 4 is 45.8 Å². The summed E-state index contributed by atoms with van der Waals surface area (Å²) in [5.74, 6) is 1.04. The molecular weight excluding hydrogens is 392 g/mol. The standard InChI is InChI=1S/C24H22N4OS/c29-24(27-19-8-7-18-10-11-25-21(18)15-19)26-16-17-6-9-22-23(14-17)30-13-12-28(22)20-4-2-1-3-5-20/h1-11,14-15,25H,12-13,16H2,(H2,26,27,29). The number of anilines is 3. The van der Waals surface area contributed by atoms with E-state index < -0.39 is 0 Å². The van der Waals surface area contributed by atoms with Crippen LogP contribution in [0.5, 0.6) is 0 Å². The van der Waals surface area contributed by atoms with Crippen molar-refractivity contribution in [2.24, 2.45) is 0 Å². The van der Waals surface area contributed by atoms with Crippen molar-refractivity contribution in [2.75, 3.05) is 22.5 Å². The average molecular weight is 415 g/mol. The molecule has 0 atom stereocenters. The first-order chi connectivity index (χ1) is 14.8. The number of H-pyrrole nitrogens is 1. The summed E-state index contributed by atoms with van der Waals surface area (Å²) in [6.45, 7) is 1.47. The number of fused-ring (bicyclic) bond motifs is 2. The second kappa shape index (κ2) is 8.16. The monoisotopic (exact) mass is 414 g/mol. The summed E-state index contributed by atoms with van der Waals surface area (Å²) in [6, 6.07) is 24.5. The fraction of sp³-hybridized carbons (Fsp3) is 0.125. The van der Waals surface area contributed by atoms with Crippen LogP contribution >= 0.6 is 11.8 Å². The molecule has 3 aromatic carbocycles. The molecule has 0 unspecified atom stereocenters. The maximum atomic E-state index is 12.3. The highest BCUT2D eigenvalue weighted by atomic mass is 32.2. The highest BCUT2D eigenvalue weighted by Crippen LogP contribution is 2.39. The molecule has 5 nitrogen and oxygen atoms in total. The second-order valence-corrected chi connectivity index (χ2v) is 8.36. The molecule has 0 bridgehead atoms. The van der Waals surface area contributed by atoms with Gasteiger partial charge in [0.05, 0.1) is 5.69 Å². The number of thioether (sulfide) groups is 1. The number of carbonyl (C=O) groups is 1. The molecule has 0 aliphatic carbocycles. The van der Waals surface area contributed by atoms with Gasteiger partial charge in [0.15, 0.2) is 0 Å². The van der Waals surface area contributed by atoms with Gasteiger partial charge < -0.3 is 20.5 Å². The number of para-hydroxylation sites is 1. The van der Waals surface area contributed by atoms with Crippen molar-refractivity contribution in [1.82, 2.24) is 10.3 Å². The van der Waals surface area contributed by atoms with E-state index in [4.69, 9.17) is 0 Å². The van der Waals surface area contributed by atoms with Gasteiger partial charge in [0.1, 0.15) is 0 Å². The number of rotatable bonds is 4. The van der Waals surface area contributed by atoms with Crippen molar-refractivity contribution in [1.29, 1.82) is 0 Å². The molecule has 6 heteroatoms. The molecule has 0 spiro atoms. The molecule has 30 heavy (non-hydrogen) atoms. The number of benzene rings is 3. The van der Waals surface area contributed by atoms with Crippen molar-refractivity contribution in [2.45, 2.75) is 11.4 Å². The van der Waals surface area contributed by atoms with Crippen LogP contribution in [-0.2, 0) is 6.54 Å². The van der Waals surface area contributed by atoms with Crippen LogP contribution in [0, 0.1) is 0 Å². The van der Waals surface area contributed by atoms with E-state index in [2.05, 4.69) is 63.0 Å². The van der Waals surface area contributed by atoms with Crippen LogP contribution in [-0.4, -0.2) is 23.3 Å². The van der Waals surface area contributed by atoms with Gasteiger partial charge in [-0.1, -0.05) is 30.3 Å². The van der Waals surface area contributed by atoms with Crippen LogP contribution in [0.1, 0.15) is 5.56 Å². The SMILES string of the molecule is O=C(NCc1ccc2c(c1)SCCN2c1ccccc1)Nc1ccc2cc[nH]c2c1. The van der Waals surface area contributed by atoms with Crippen LogP contribution in [0.15, 0.2) is 83.9 Å². The first-order valence-electron chi connectivity index (χ1n) is 9.96. The third-order valence-electron chi connectivity index (χ3n) is 5.22. The molecule has 4 aromatic rings. The van der Waals surface area contributed by atoms with E-state index in [-0.39, 0.29) is 6.03 Å². The number of nitrogens with one attached hydrogen (secondary N) is 3. The van der Waals surface area contributed by atoms with Crippen LogP contribution in [0.3, 0.4) is 0 Å². The van der Waals surface area contributed by atoms with Crippen LogP contribution in [0.25, 0.3) is 10.9 Å². The van der Waals surface area contributed by atoms with Gasteiger partial charge in [-0.3, -0.25) is 0 Å². The Balaban J connectivity index is 1.25. The largest absolute Gasteiger partial charge is 0.361 e. The smallest absolute Gasteiger partial charge is 0.319 e. The van der Waals surface area contributed by atoms with Gasteiger partial charge in [0, 0.05) is 46.8 Å². The molecule has 150 valence electrons. The first-order valence-corrected chi connectivity index (χ1v) is 11.0. The molecule has 0 radical (unpaired) electrons. The summed E-state index contributed by atoms with van der Waals surface area (Å²) in [5, 5.41) is 6.98. The Labute approximate surface area is 179 Å². The molecule has 0 saturated heterocycles. The van der Waals surface area contributed by atoms with Crippen LogP contribution < -0.4 is 15.5 Å². The highest BCUT2D eigenvalue weighted by Gasteiger charge is 2.19. The maximum absolute atomic E-state index is 12.3. The van der Waals surface area contributed by atoms with Gasteiger partial charge >= 0.3 is 6.03 Å². The second-order valence-electron chi connectivity index (χ2n) is 7.23. The topological polar surface area (TPSA) is 60.2 Å². The van der Waals surface area contributed by atoms with E-state index in [1.165, 1.54) is 16.3 Å². The molecule has 1 aromatic heterocycles. The van der Waals surface area contributed by atoms with Crippen molar-refractivity contribution in [3.05, 3.63) is 84.6 Å². The van der Waals surface area contributed by atoms with E-state index >= 15 is 0 Å². The lowest BCUT2D eigenvalue weighted by Gasteiger charge is -2.31. The van der Waals surface area contributed by atoms with Crippen LogP contribution in [0.2, 0.25) is 0 Å². The quantitative estimate of drug-likeness (QED) is 0.399. The van der Waals surface area contributed by atoms with Gasteiger partial charge in [0.25, 0.3) is 0 Å². The fourth-order valence-electron chi connectivity index (χ4n) is 3.73. The van der Waals surface area contributed by atoms with Gasteiger partial charge in [0.2, 0.25) is 0 Å². The summed E-state index contributed by atoms with van der Waals surface area (Å²) in [4.78, 5) is 19.1. The molecule has 2 heterocycles. The number of carbonyl (C=O) groups excluding carboxylic acids is 1. The summed E-state index contributed by atoms with van der Waals surface area (Å²) >= 11 is 1.87. The third-order valence-corrected chi connectivity index (χ3v) is 6.25. The lowest BCUT2D eigenvalue weighted by Crippen LogP contribution is -2.28. The van der Waals surface area contributed by atoms with Crippen molar-refractivity contribution < 1.29 is 4.79 Å². The van der Waals surface area contributed by atoms with E-state index in [1.807, 2.05) is 48.3 Å². The molecule has 0 saturated carbocycles. The summed E-state index contributed by atoms with van der Waals surface area (Å²) in [7, 11) is 0. The molecule has 1 aliphatic rings. The number of nitrogens with zero attached hydrogens (tertiary/aromatic N) is 1. The van der Waals surface area contributed by atoms with E-state index in [1.54, 1.807) is 0 Å². The zero-order valence-electron chi connectivity index (χ0n) is 16.4. The minimum Gasteiger partial charge on any atom is -0.361 e. The highest BCUT2D eigenvalue weighted by molar-refractivity contribution is 7.99. The predicted octanol–water partition coefficient (Wildman–Crippen LogP) is 5.73. The Kier molecular flexibility index (Phi) is 5.07. The minimum absolute atomic E-state index is 0.211. The lowest BCUT2D eigenvalue weighted by molar-refractivity contribution is 0.251. The van der Waals surface area contributed by atoms with Gasteiger partial charge in [-0.25, -0.2) is 4.79 Å². The summed E-state index contributed by atoms with van der Waals surface area (Å²) in [6.07, 6.45) is 1.89. The summed E-state index contributed by atoms with van der Waals surface area (Å²) in [5.41, 5.74) is 5.30. The predicted molar refractivity (Wildman–Crippen MR) is 125 cm³/mol. The third kappa shape index (κ3) is 3.86. The normalized spacial score (nSPS) is 13.1. The first kappa shape index (κ1) is 18.6. The Bertz CT molecular complexity index is 1190. The van der Waals surface area contributed by atoms with E-state index in [0.717, 1.165) is 34.5 Å². The fourth-order valence-corrected chi connectivity index (χ4v) is 4.79. The van der Waals surface area contributed by atoms with Crippen molar-refractivity contribution in [3.63, 3.8) is 0 Å². The molecule has 5 rings (SSSR count). The van der Waals surface area contributed by atoms with E-state index in [9.17, 15) is 4.79 Å². The number of hydrogen-bond donors (Lipinski definition) is 3. The Hall–Kier alpha value is -3.38. The zero-order chi connectivity index (χ0) is 20.3. The molecule has 1 aliphatic heterocycles. The minimum atomic E-state index is -0.211. The number of amides is 2. The van der Waals surface area contributed by atoms with Crippen molar-refractivity contribution in [3.8, 4) is 0 Å². The van der Waals surface area contributed by atoms with Crippen LogP contribution in [0.4, 0.5) is 21.9 Å². The Morgan fingerprint density at radius 1 is 1.03 bits per heavy atom. The summed E-state index contributed by atoms with van der Waals surface area (Å²) < 4.78 is 0. The number of hydrogen-bond acceptors (Lipinski definition) is 3. The maximum Gasteiger partial charge on any atom is 0.319 e. The Morgan fingerprint density at radius 3 is 2.83 bits per heavy atom. The molecule has 0 fully saturated rings. The van der Waals surface area contributed by atoms with E-state index in [0.29, 0.717) is 6.54 Å². The number of urea groups is 1. The molecule has 2 amide bonds. The number of aromatic nitrogens is 1. The van der Waals surface area contributed by atoms with Gasteiger partial charge in [-0.2, -0.15) is 0 Å². The zero-order valence-corrected chi connectivity index (χ0v) is 17.2.